The van der Waals surface area contributed by atoms with Crippen LogP contribution >= 0.6 is 11.3 Å². The average Bonchev–Trinajstić information content (AvgIpc) is 2.91. The highest BCUT2D eigenvalue weighted by atomic mass is 32.1. The fraction of sp³-hybridized carbons (Fsp3) is 0.400. The van der Waals surface area contributed by atoms with E-state index in [0.29, 0.717) is 13.0 Å². The van der Waals surface area contributed by atoms with Gasteiger partial charge in [-0.1, -0.05) is 6.92 Å². The molecule has 0 fully saturated rings. The van der Waals surface area contributed by atoms with Crippen molar-refractivity contribution < 1.29 is 4.39 Å². The maximum atomic E-state index is 13.5. The predicted octanol–water partition coefficient (Wildman–Crippen LogP) is 3.20. The van der Waals surface area contributed by atoms with Gasteiger partial charge in [0.05, 0.1) is 17.7 Å². The molecule has 0 spiro atoms. The van der Waals surface area contributed by atoms with Crippen molar-refractivity contribution >= 4 is 17.0 Å². The number of rotatable bonds is 6. The van der Waals surface area contributed by atoms with Crippen LogP contribution in [0.5, 0.6) is 0 Å². The molecule has 3 nitrogen and oxygen atoms in total. The van der Waals surface area contributed by atoms with Crippen LogP contribution in [0.15, 0.2) is 29.1 Å². The number of nitrogens with zero attached hydrogens (tertiary/aromatic N) is 2. The van der Waals surface area contributed by atoms with Crippen LogP contribution in [0.1, 0.15) is 24.6 Å². The van der Waals surface area contributed by atoms with Crippen molar-refractivity contribution in [2.45, 2.75) is 32.4 Å². The minimum Gasteiger partial charge on any atom is -0.368 e. The van der Waals surface area contributed by atoms with Gasteiger partial charge in [-0.15, -0.1) is 11.3 Å². The second kappa shape index (κ2) is 6.81. The van der Waals surface area contributed by atoms with Crippen LogP contribution in [0.25, 0.3) is 0 Å². The van der Waals surface area contributed by atoms with Crippen LogP contribution in [0.2, 0.25) is 0 Å². The zero-order chi connectivity index (χ0) is 14.5. The van der Waals surface area contributed by atoms with Gasteiger partial charge in [-0.2, -0.15) is 0 Å². The molecule has 5 heteroatoms. The van der Waals surface area contributed by atoms with E-state index in [1.54, 1.807) is 17.4 Å². The molecule has 0 saturated heterocycles. The monoisotopic (exact) mass is 293 g/mol. The maximum absolute atomic E-state index is 13.5. The zero-order valence-corrected chi connectivity index (χ0v) is 12.7. The number of anilines is 1. The van der Waals surface area contributed by atoms with Gasteiger partial charge in [0.2, 0.25) is 0 Å². The zero-order valence-electron chi connectivity index (χ0n) is 11.8. The highest BCUT2D eigenvalue weighted by Gasteiger charge is 2.12. The molecule has 0 aliphatic heterocycles. The molecule has 20 heavy (non-hydrogen) atoms. The highest BCUT2D eigenvalue weighted by Crippen LogP contribution is 2.24. The van der Waals surface area contributed by atoms with Crippen LogP contribution in [0.3, 0.4) is 0 Å². The molecule has 1 atom stereocenters. The van der Waals surface area contributed by atoms with Gasteiger partial charge in [0.15, 0.2) is 0 Å². The Morgan fingerprint density at radius 3 is 2.90 bits per heavy atom. The first-order chi connectivity index (χ1) is 9.60. The lowest BCUT2D eigenvalue weighted by Gasteiger charge is -2.23. The normalized spacial score (nSPS) is 12.4. The molecule has 1 aromatic carbocycles. The van der Waals surface area contributed by atoms with E-state index in [0.717, 1.165) is 23.4 Å². The molecule has 0 aliphatic carbocycles. The third-order valence-electron chi connectivity index (χ3n) is 3.34. The summed E-state index contributed by atoms with van der Waals surface area (Å²) < 4.78 is 13.5. The van der Waals surface area contributed by atoms with E-state index in [-0.39, 0.29) is 11.9 Å². The summed E-state index contributed by atoms with van der Waals surface area (Å²) in [5.74, 6) is -0.214. The molecule has 0 radical (unpaired) electrons. The summed E-state index contributed by atoms with van der Waals surface area (Å²) in [6.07, 6.45) is 1.57. The molecule has 1 unspecified atom stereocenters. The Bertz CT molecular complexity index is 542. The fourth-order valence-corrected chi connectivity index (χ4v) is 2.71. The molecule has 108 valence electrons. The van der Waals surface area contributed by atoms with E-state index in [1.165, 1.54) is 6.07 Å². The maximum Gasteiger partial charge on any atom is 0.123 e. The molecule has 0 aliphatic rings. The van der Waals surface area contributed by atoms with Crippen LogP contribution in [-0.4, -0.2) is 18.1 Å². The Labute approximate surface area is 123 Å². The summed E-state index contributed by atoms with van der Waals surface area (Å²) in [5.41, 5.74) is 10.8. The third kappa shape index (κ3) is 3.77. The number of hydrogen-bond donors (Lipinski definition) is 1. The number of nitrogens with two attached hydrogens (primary N) is 1. The lowest BCUT2D eigenvalue weighted by atomic mass is 10.0. The summed E-state index contributed by atoms with van der Waals surface area (Å²) >= 11 is 1.58. The van der Waals surface area contributed by atoms with Gasteiger partial charge in [0.1, 0.15) is 5.82 Å². The predicted molar refractivity (Wildman–Crippen MR) is 82.6 cm³/mol. The van der Waals surface area contributed by atoms with Gasteiger partial charge in [-0.05, 0) is 36.6 Å². The number of hydrogen-bond acceptors (Lipinski definition) is 4. The van der Waals surface area contributed by atoms with Crippen LogP contribution in [-0.2, 0) is 13.0 Å². The first-order valence-corrected chi connectivity index (χ1v) is 7.66. The molecule has 0 amide bonds. The molecular formula is C15H20FN3S. The number of aromatic nitrogens is 1. The van der Waals surface area contributed by atoms with Crippen molar-refractivity contribution in [1.29, 1.82) is 0 Å². The lowest BCUT2D eigenvalue weighted by molar-refractivity contribution is 0.613. The molecule has 1 heterocycles. The van der Waals surface area contributed by atoms with Crippen molar-refractivity contribution in [3.05, 3.63) is 46.2 Å². The van der Waals surface area contributed by atoms with Crippen LogP contribution in [0, 0.1) is 5.82 Å². The van der Waals surface area contributed by atoms with Crippen molar-refractivity contribution in [3.8, 4) is 0 Å². The Morgan fingerprint density at radius 2 is 2.25 bits per heavy atom. The quantitative estimate of drug-likeness (QED) is 0.889. The minimum absolute atomic E-state index is 0.0585. The number of halogens is 1. The van der Waals surface area contributed by atoms with Crippen molar-refractivity contribution in [2.24, 2.45) is 5.73 Å². The van der Waals surface area contributed by atoms with Gasteiger partial charge in [-0.25, -0.2) is 9.37 Å². The standard InChI is InChI=1S/C15H20FN3S/c1-3-13(17)7-11-6-12(16)4-5-15(11)19(2)8-14-9-20-10-18-14/h4-6,9-10,13H,3,7-8,17H2,1-2H3. The number of benzene rings is 1. The fourth-order valence-electron chi connectivity index (χ4n) is 2.16. The third-order valence-corrected chi connectivity index (χ3v) is 3.98. The second-order valence-electron chi connectivity index (χ2n) is 4.98. The Hall–Kier alpha value is -1.46. The summed E-state index contributed by atoms with van der Waals surface area (Å²) in [5, 5.41) is 2.03. The van der Waals surface area contributed by atoms with Gasteiger partial charge in [-0.3, -0.25) is 0 Å². The van der Waals surface area contributed by atoms with E-state index in [1.807, 2.05) is 30.9 Å². The van der Waals surface area contributed by atoms with E-state index >= 15 is 0 Å². The van der Waals surface area contributed by atoms with Gasteiger partial charge in [0.25, 0.3) is 0 Å². The molecule has 1 aromatic heterocycles. The van der Waals surface area contributed by atoms with Crippen molar-refractivity contribution in [3.63, 3.8) is 0 Å². The molecular weight excluding hydrogens is 273 g/mol. The lowest BCUT2D eigenvalue weighted by Crippen LogP contribution is -2.24. The summed E-state index contributed by atoms with van der Waals surface area (Å²) in [7, 11) is 1.99. The molecule has 0 saturated carbocycles. The first-order valence-electron chi connectivity index (χ1n) is 6.72. The average molecular weight is 293 g/mol. The van der Waals surface area contributed by atoms with Gasteiger partial charge in [0, 0.05) is 24.2 Å². The van der Waals surface area contributed by atoms with Crippen LogP contribution < -0.4 is 10.6 Å². The van der Waals surface area contributed by atoms with Gasteiger partial charge < -0.3 is 10.6 Å². The largest absolute Gasteiger partial charge is 0.368 e. The highest BCUT2D eigenvalue weighted by molar-refractivity contribution is 7.07. The molecule has 2 rings (SSSR count). The van der Waals surface area contributed by atoms with E-state index in [9.17, 15) is 4.39 Å². The summed E-state index contributed by atoms with van der Waals surface area (Å²) in [4.78, 5) is 6.37. The first kappa shape index (κ1) is 14.9. The Balaban J connectivity index is 2.20. The van der Waals surface area contributed by atoms with E-state index < -0.39 is 0 Å². The minimum atomic E-state index is -0.214. The topological polar surface area (TPSA) is 42.1 Å². The Morgan fingerprint density at radius 1 is 1.45 bits per heavy atom. The SMILES string of the molecule is CCC(N)Cc1cc(F)ccc1N(C)Cc1cscn1. The molecule has 2 aromatic rings. The van der Waals surface area contributed by atoms with Crippen molar-refractivity contribution in [2.75, 3.05) is 11.9 Å². The smallest absolute Gasteiger partial charge is 0.123 e. The number of thiazole rings is 1. The molecule has 2 N–H and O–H groups in total. The van der Waals surface area contributed by atoms with E-state index in [4.69, 9.17) is 5.73 Å². The second-order valence-corrected chi connectivity index (χ2v) is 5.70. The summed E-state index contributed by atoms with van der Waals surface area (Å²) in [6.45, 7) is 2.76. The summed E-state index contributed by atoms with van der Waals surface area (Å²) in [6, 6.07) is 4.96. The molecule has 0 bridgehead atoms. The van der Waals surface area contributed by atoms with Crippen LogP contribution in [0.4, 0.5) is 10.1 Å². The Kier molecular flexibility index (Phi) is 5.09. The van der Waals surface area contributed by atoms with E-state index in [2.05, 4.69) is 9.88 Å². The van der Waals surface area contributed by atoms with Crippen molar-refractivity contribution in [1.82, 2.24) is 4.98 Å². The van der Waals surface area contributed by atoms with Gasteiger partial charge >= 0.3 is 0 Å².